The van der Waals surface area contributed by atoms with E-state index in [2.05, 4.69) is 36.4 Å². The first-order chi connectivity index (χ1) is 9.63. The summed E-state index contributed by atoms with van der Waals surface area (Å²) in [6.07, 6.45) is 3.82. The Labute approximate surface area is 146 Å². The average Bonchev–Trinajstić information content (AvgIpc) is 2.80. The highest BCUT2D eigenvalue weighted by molar-refractivity contribution is 14.0. The van der Waals surface area contributed by atoms with Crippen LogP contribution in [0.3, 0.4) is 0 Å². The maximum atomic E-state index is 11.5. The summed E-state index contributed by atoms with van der Waals surface area (Å²) in [5, 5.41) is 6.60. The second-order valence-electron chi connectivity index (χ2n) is 5.71. The Bertz CT molecular complexity index is 321. The predicted molar refractivity (Wildman–Crippen MR) is 99.3 cm³/mol. The van der Waals surface area contributed by atoms with Crippen LogP contribution in [0.2, 0.25) is 0 Å². The number of hydrogen-bond acceptors (Lipinski definition) is 2. The molecule has 0 unspecified atom stereocenters. The van der Waals surface area contributed by atoms with Crippen LogP contribution in [-0.2, 0) is 4.79 Å². The summed E-state index contributed by atoms with van der Waals surface area (Å²) in [6, 6.07) is 0. The molecule has 1 aliphatic heterocycles. The van der Waals surface area contributed by atoms with Gasteiger partial charge in [0.05, 0.1) is 0 Å². The topological polar surface area (TPSA) is 56.7 Å². The van der Waals surface area contributed by atoms with Gasteiger partial charge in [0.1, 0.15) is 0 Å². The Balaban J connectivity index is 0.00000400. The molecule has 0 radical (unpaired) electrons. The van der Waals surface area contributed by atoms with Crippen molar-refractivity contribution in [2.24, 2.45) is 10.9 Å². The van der Waals surface area contributed by atoms with Crippen LogP contribution < -0.4 is 10.6 Å². The van der Waals surface area contributed by atoms with Crippen molar-refractivity contribution in [3.05, 3.63) is 0 Å². The molecule has 0 saturated carbocycles. The van der Waals surface area contributed by atoms with Gasteiger partial charge in [0.2, 0.25) is 5.91 Å². The molecule has 0 bridgehead atoms. The number of likely N-dealkylation sites (tertiary alicyclic amines) is 1. The number of rotatable bonds is 8. The minimum atomic E-state index is 0. The second-order valence-corrected chi connectivity index (χ2v) is 5.71. The lowest BCUT2D eigenvalue weighted by atomic mass is 10.1. The van der Waals surface area contributed by atoms with Crippen molar-refractivity contribution < 1.29 is 4.79 Å². The standard InChI is InChI=1S/C15H30N4O.HI/c1-4-16-15(18-10-8-13(2)3)17-9-6-12-19-11-5-7-14(19)20;/h13H,4-12H2,1-3H3,(H2,16,17,18);1H. The number of nitrogens with one attached hydrogen (secondary N) is 2. The summed E-state index contributed by atoms with van der Waals surface area (Å²) in [5.41, 5.74) is 0. The molecule has 21 heavy (non-hydrogen) atoms. The molecule has 5 nitrogen and oxygen atoms in total. The van der Waals surface area contributed by atoms with Crippen molar-refractivity contribution in [3.8, 4) is 0 Å². The number of nitrogens with zero attached hydrogens (tertiary/aromatic N) is 2. The molecule has 0 aromatic heterocycles. The molecule has 0 aromatic rings. The van der Waals surface area contributed by atoms with Gasteiger partial charge in [0.15, 0.2) is 5.96 Å². The number of halogens is 1. The Kier molecular flexibility index (Phi) is 11.8. The van der Waals surface area contributed by atoms with Crippen molar-refractivity contribution in [2.75, 3.05) is 32.7 Å². The highest BCUT2D eigenvalue weighted by Crippen LogP contribution is 2.09. The Morgan fingerprint density at radius 3 is 2.71 bits per heavy atom. The molecule has 0 spiro atoms. The van der Waals surface area contributed by atoms with Crippen molar-refractivity contribution in [3.63, 3.8) is 0 Å². The zero-order chi connectivity index (χ0) is 14.8. The van der Waals surface area contributed by atoms with Gasteiger partial charge >= 0.3 is 0 Å². The predicted octanol–water partition coefficient (Wildman–Crippen LogP) is 2.22. The van der Waals surface area contributed by atoms with Crippen LogP contribution >= 0.6 is 24.0 Å². The van der Waals surface area contributed by atoms with Gasteiger partial charge in [-0.1, -0.05) is 13.8 Å². The first-order valence-corrected chi connectivity index (χ1v) is 7.93. The molecule has 1 saturated heterocycles. The van der Waals surface area contributed by atoms with Gasteiger partial charge in [0.25, 0.3) is 0 Å². The van der Waals surface area contributed by atoms with Crippen LogP contribution in [0.5, 0.6) is 0 Å². The maximum Gasteiger partial charge on any atom is 0.222 e. The number of carbonyl (C=O) groups is 1. The minimum absolute atomic E-state index is 0. The van der Waals surface area contributed by atoms with E-state index < -0.39 is 0 Å². The molecule has 0 aliphatic carbocycles. The van der Waals surface area contributed by atoms with Crippen molar-refractivity contribution in [1.82, 2.24) is 15.5 Å². The highest BCUT2D eigenvalue weighted by Gasteiger charge is 2.18. The molecule has 124 valence electrons. The largest absolute Gasteiger partial charge is 0.357 e. The number of hydrogen-bond donors (Lipinski definition) is 2. The zero-order valence-corrected chi connectivity index (χ0v) is 16.0. The normalized spacial score (nSPS) is 15.3. The van der Waals surface area contributed by atoms with Gasteiger partial charge in [-0.15, -0.1) is 24.0 Å². The Hall–Kier alpha value is -0.530. The third-order valence-corrected chi connectivity index (χ3v) is 3.39. The molecular weight excluding hydrogens is 379 g/mol. The molecule has 1 aliphatic rings. The minimum Gasteiger partial charge on any atom is -0.357 e. The van der Waals surface area contributed by atoms with Crippen LogP contribution in [0.25, 0.3) is 0 Å². The average molecular weight is 410 g/mol. The second kappa shape index (κ2) is 12.1. The van der Waals surface area contributed by atoms with Crippen molar-refractivity contribution >= 4 is 35.8 Å². The van der Waals surface area contributed by atoms with Crippen LogP contribution in [0.15, 0.2) is 4.99 Å². The quantitative estimate of drug-likeness (QED) is 0.279. The molecule has 1 rings (SSSR count). The van der Waals surface area contributed by atoms with Gasteiger partial charge in [-0.05, 0) is 32.1 Å². The summed E-state index contributed by atoms with van der Waals surface area (Å²) in [7, 11) is 0. The summed E-state index contributed by atoms with van der Waals surface area (Å²) in [4.78, 5) is 18.0. The fraction of sp³-hybridized carbons (Fsp3) is 0.867. The lowest BCUT2D eigenvalue weighted by molar-refractivity contribution is -0.127. The summed E-state index contributed by atoms with van der Waals surface area (Å²) < 4.78 is 0. The molecule has 1 heterocycles. The van der Waals surface area contributed by atoms with Crippen LogP contribution in [0, 0.1) is 5.92 Å². The van der Waals surface area contributed by atoms with Gasteiger partial charge < -0.3 is 15.5 Å². The van der Waals surface area contributed by atoms with Crippen LogP contribution in [0.1, 0.15) is 46.5 Å². The summed E-state index contributed by atoms with van der Waals surface area (Å²) >= 11 is 0. The third-order valence-electron chi connectivity index (χ3n) is 3.39. The zero-order valence-electron chi connectivity index (χ0n) is 13.7. The number of aliphatic imine (C=N–C) groups is 1. The summed E-state index contributed by atoms with van der Waals surface area (Å²) in [5.74, 6) is 1.89. The molecule has 0 aromatic carbocycles. The van der Waals surface area contributed by atoms with Crippen LogP contribution in [-0.4, -0.2) is 49.5 Å². The maximum absolute atomic E-state index is 11.5. The smallest absolute Gasteiger partial charge is 0.222 e. The van der Waals surface area contributed by atoms with Crippen molar-refractivity contribution in [2.45, 2.75) is 46.5 Å². The van der Waals surface area contributed by atoms with E-state index in [4.69, 9.17) is 0 Å². The van der Waals surface area contributed by atoms with E-state index in [0.717, 1.165) is 64.4 Å². The number of amides is 1. The van der Waals surface area contributed by atoms with Crippen molar-refractivity contribution in [1.29, 1.82) is 0 Å². The highest BCUT2D eigenvalue weighted by atomic mass is 127. The molecule has 0 atom stereocenters. The van der Waals surface area contributed by atoms with E-state index in [9.17, 15) is 4.79 Å². The van der Waals surface area contributed by atoms with Gasteiger partial charge in [-0.3, -0.25) is 9.79 Å². The van der Waals surface area contributed by atoms with E-state index in [0.29, 0.717) is 11.8 Å². The van der Waals surface area contributed by atoms with Crippen LogP contribution in [0.4, 0.5) is 0 Å². The van der Waals surface area contributed by atoms with E-state index in [1.807, 2.05) is 4.90 Å². The third kappa shape index (κ3) is 9.16. The molecule has 6 heteroatoms. The van der Waals surface area contributed by atoms with E-state index in [-0.39, 0.29) is 24.0 Å². The Morgan fingerprint density at radius 1 is 1.38 bits per heavy atom. The summed E-state index contributed by atoms with van der Waals surface area (Å²) in [6.45, 7) is 10.9. The number of carbonyl (C=O) groups excluding carboxylic acids is 1. The van der Waals surface area contributed by atoms with Gasteiger partial charge in [0, 0.05) is 39.1 Å². The molecule has 1 fully saturated rings. The first kappa shape index (κ1) is 20.5. The van der Waals surface area contributed by atoms with Gasteiger partial charge in [-0.2, -0.15) is 0 Å². The SMILES string of the molecule is CCNC(=NCCCN1CCCC1=O)NCCC(C)C.I. The van der Waals surface area contributed by atoms with E-state index in [1.165, 1.54) is 0 Å². The fourth-order valence-electron chi connectivity index (χ4n) is 2.21. The molecule has 1 amide bonds. The monoisotopic (exact) mass is 410 g/mol. The molecule has 2 N–H and O–H groups in total. The lowest BCUT2D eigenvalue weighted by Crippen LogP contribution is -2.38. The Morgan fingerprint density at radius 2 is 2.14 bits per heavy atom. The first-order valence-electron chi connectivity index (χ1n) is 7.93. The van der Waals surface area contributed by atoms with E-state index >= 15 is 0 Å². The van der Waals surface area contributed by atoms with Gasteiger partial charge in [-0.25, -0.2) is 0 Å². The molecular formula is C15H31IN4O. The number of guanidine groups is 1. The fourth-order valence-corrected chi connectivity index (χ4v) is 2.21. The van der Waals surface area contributed by atoms with E-state index in [1.54, 1.807) is 0 Å². The lowest BCUT2D eigenvalue weighted by Gasteiger charge is -2.15.